The van der Waals surface area contributed by atoms with Gasteiger partial charge in [0.2, 0.25) is 6.41 Å². The summed E-state index contributed by atoms with van der Waals surface area (Å²) in [6, 6.07) is 9.44. The molecular weight excluding hydrogens is 224 g/mol. The lowest BCUT2D eigenvalue weighted by Crippen LogP contribution is -2.46. The molecule has 3 rings (SSSR count). The first kappa shape index (κ1) is 11.7. The van der Waals surface area contributed by atoms with Gasteiger partial charge in [-0.05, 0) is 30.4 Å². The molecule has 0 unspecified atom stereocenters. The van der Waals surface area contributed by atoms with Crippen LogP contribution >= 0.6 is 0 Å². The zero-order valence-corrected chi connectivity index (χ0v) is 10.7. The summed E-state index contributed by atoms with van der Waals surface area (Å²) in [6.07, 6.45) is 4.41. The van der Waals surface area contributed by atoms with E-state index < -0.39 is 0 Å². The monoisotopic (exact) mass is 244 g/mol. The molecule has 1 amide bonds. The van der Waals surface area contributed by atoms with E-state index in [-0.39, 0.29) is 0 Å². The number of amides is 1. The molecule has 1 aromatic carbocycles. The first-order chi connectivity index (χ1) is 8.86. The molecule has 2 aliphatic heterocycles. The lowest BCUT2D eigenvalue weighted by Gasteiger charge is -2.39. The highest BCUT2D eigenvalue weighted by molar-refractivity contribution is 5.47. The fraction of sp³-hybridized carbons (Fsp3) is 0.533. The second-order valence-corrected chi connectivity index (χ2v) is 5.36. The highest BCUT2D eigenvalue weighted by Crippen LogP contribution is 2.24. The van der Waals surface area contributed by atoms with Crippen LogP contribution in [0.2, 0.25) is 0 Å². The van der Waals surface area contributed by atoms with Crippen LogP contribution in [0, 0.1) is 0 Å². The van der Waals surface area contributed by atoms with Crippen LogP contribution in [0.25, 0.3) is 0 Å². The van der Waals surface area contributed by atoms with Crippen LogP contribution < -0.4 is 0 Å². The summed E-state index contributed by atoms with van der Waals surface area (Å²) in [5, 5.41) is 0. The topological polar surface area (TPSA) is 23.6 Å². The number of rotatable bonds is 2. The van der Waals surface area contributed by atoms with Crippen LogP contribution in [0.3, 0.4) is 0 Å². The van der Waals surface area contributed by atoms with E-state index in [0.717, 1.165) is 38.9 Å². The van der Waals surface area contributed by atoms with Crippen LogP contribution in [0.15, 0.2) is 24.3 Å². The number of hydrogen-bond acceptors (Lipinski definition) is 2. The molecule has 0 N–H and O–H groups in total. The third-order valence-corrected chi connectivity index (χ3v) is 4.32. The molecule has 0 aliphatic carbocycles. The van der Waals surface area contributed by atoms with Crippen molar-refractivity contribution in [1.29, 1.82) is 0 Å². The average molecular weight is 244 g/mol. The first-order valence-electron chi connectivity index (χ1n) is 6.87. The lowest BCUT2D eigenvalue weighted by molar-refractivity contribution is -0.119. The molecule has 1 saturated heterocycles. The molecule has 1 fully saturated rings. The van der Waals surface area contributed by atoms with Gasteiger partial charge in [0.25, 0.3) is 0 Å². The molecule has 3 heteroatoms. The van der Waals surface area contributed by atoms with Crippen LogP contribution in [0.1, 0.15) is 24.0 Å². The third kappa shape index (κ3) is 2.27. The maximum absolute atomic E-state index is 10.7. The van der Waals surface area contributed by atoms with E-state index in [2.05, 4.69) is 29.2 Å². The van der Waals surface area contributed by atoms with E-state index in [1.807, 2.05) is 4.90 Å². The number of fused-ring (bicyclic) bond motifs is 1. The predicted octanol–water partition coefficient (Wildman–Crippen LogP) is 1.67. The van der Waals surface area contributed by atoms with Gasteiger partial charge in [0.1, 0.15) is 0 Å². The predicted molar refractivity (Wildman–Crippen MR) is 71.2 cm³/mol. The van der Waals surface area contributed by atoms with Gasteiger partial charge in [-0.25, -0.2) is 0 Å². The Hall–Kier alpha value is -1.35. The Morgan fingerprint density at radius 2 is 1.78 bits per heavy atom. The van der Waals surface area contributed by atoms with Crippen molar-refractivity contribution in [2.75, 3.05) is 19.6 Å². The zero-order valence-electron chi connectivity index (χ0n) is 10.7. The fourth-order valence-electron chi connectivity index (χ4n) is 3.19. The van der Waals surface area contributed by atoms with Gasteiger partial charge in [0.05, 0.1) is 0 Å². The first-order valence-corrected chi connectivity index (χ1v) is 6.87. The lowest BCUT2D eigenvalue weighted by atomic mass is 9.95. The van der Waals surface area contributed by atoms with E-state index in [0.29, 0.717) is 6.04 Å². The maximum Gasteiger partial charge on any atom is 0.209 e. The Bertz CT molecular complexity index is 424. The van der Waals surface area contributed by atoms with E-state index in [9.17, 15) is 4.79 Å². The Morgan fingerprint density at radius 1 is 1.06 bits per heavy atom. The van der Waals surface area contributed by atoms with Crippen LogP contribution in [-0.4, -0.2) is 41.9 Å². The average Bonchev–Trinajstić information content (AvgIpc) is 2.47. The largest absolute Gasteiger partial charge is 0.345 e. The molecule has 18 heavy (non-hydrogen) atoms. The van der Waals surface area contributed by atoms with E-state index in [4.69, 9.17) is 0 Å². The molecule has 0 saturated carbocycles. The number of piperidine rings is 1. The minimum atomic E-state index is 0.662. The molecule has 96 valence electrons. The molecular formula is C15H20N2O. The van der Waals surface area contributed by atoms with Gasteiger partial charge in [-0.2, -0.15) is 0 Å². The number of likely N-dealkylation sites (tertiary alicyclic amines) is 1. The summed E-state index contributed by atoms with van der Waals surface area (Å²) in [4.78, 5) is 15.2. The van der Waals surface area contributed by atoms with Crippen molar-refractivity contribution in [3.63, 3.8) is 0 Å². The van der Waals surface area contributed by atoms with Gasteiger partial charge >= 0.3 is 0 Å². The SMILES string of the molecule is O=CN1CCC(N2CCc3ccccc3C2)CC1. The number of carbonyl (C=O) groups excluding carboxylic acids is 1. The summed E-state index contributed by atoms with van der Waals surface area (Å²) in [6.45, 7) is 4.10. The van der Waals surface area contributed by atoms with Crippen LogP contribution in [-0.2, 0) is 17.8 Å². The van der Waals surface area contributed by atoms with Gasteiger partial charge in [0, 0.05) is 32.2 Å². The van der Waals surface area contributed by atoms with Gasteiger partial charge in [0.15, 0.2) is 0 Å². The summed E-state index contributed by atoms with van der Waals surface area (Å²) >= 11 is 0. The number of nitrogens with zero attached hydrogens (tertiary/aromatic N) is 2. The minimum absolute atomic E-state index is 0.662. The summed E-state index contributed by atoms with van der Waals surface area (Å²) in [5.41, 5.74) is 3.00. The molecule has 0 radical (unpaired) electrons. The molecule has 1 aromatic rings. The molecule has 0 bridgehead atoms. The van der Waals surface area contributed by atoms with Crippen molar-refractivity contribution in [3.05, 3.63) is 35.4 Å². The Balaban J connectivity index is 1.64. The molecule has 0 aromatic heterocycles. The molecule has 0 atom stereocenters. The van der Waals surface area contributed by atoms with Crippen molar-refractivity contribution in [2.45, 2.75) is 31.8 Å². The van der Waals surface area contributed by atoms with Crippen molar-refractivity contribution in [1.82, 2.24) is 9.80 Å². The Labute approximate surface area is 108 Å². The highest BCUT2D eigenvalue weighted by Gasteiger charge is 2.26. The van der Waals surface area contributed by atoms with Crippen molar-refractivity contribution >= 4 is 6.41 Å². The van der Waals surface area contributed by atoms with Gasteiger partial charge in [-0.3, -0.25) is 9.69 Å². The normalized spacial score (nSPS) is 21.7. The number of benzene rings is 1. The van der Waals surface area contributed by atoms with E-state index in [1.165, 1.54) is 24.1 Å². The standard InChI is InChI=1S/C15H20N2O/c18-12-16-8-6-15(7-9-16)17-10-5-13-3-1-2-4-14(13)11-17/h1-4,12,15H,5-11H2. The van der Waals surface area contributed by atoms with Gasteiger partial charge in [-0.15, -0.1) is 0 Å². The van der Waals surface area contributed by atoms with E-state index in [1.54, 1.807) is 0 Å². The zero-order chi connectivity index (χ0) is 12.4. The summed E-state index contributed by atoms with van der Waals surface area (Å²) in [5.74, 6) is 0. The van der Waals surface area contributed by atoms with Crippen molar-refractivity contribution in [3.8, 4) is 0 Å². The molecule has 2 aliphatic rings. The number of carbonyl (C=O) groups is 1. The van der Waals surface area contributed by atoms with Gasteiger partial charge < -0.3 is 4.90 Å². The Kier molecular flexibility index (Phi) is 3.33. The number of hydrogen-bond donors (Lipinski definition) is 0. The maximum atomic E-state index is 10.7. The smallest absolute Gasteiger partial charge is 0.209 e. The Morgan fingerprint density at radius 3 is 2.50 bits per heavy atom. The van der Waals surface area contributed by atoms with E-state index >= 15 is 0 Å². The summed E-state index contributed by atoms with van der Waals surface area (Å²) < 4.78 is 0. The second kappa shape index (κ2) is 5.11. The fourth-order valence-corrected chi connectivity index (χ4v) is 3.19. The highest BCUT2D eigenvalue weighted by atomic mass is 16.1. The van der Waals surface area contributed by atoms with Gasteiger partial charge in [-0.1, -0.05) is 24.3 Å². The van der Waals surface area contributed by atoms with Crippen LogP contribution in [0.4, 0.5) is 0 Å². The second-order valence-electron chi connectivity index (χ2n) is 5.36. The third-order valence-electron chi connectivity index (χ3n) is 4.32. The molecule has 0 spiro atoms. The van der Waals surface area contributed by atoms with Crippen molar-refractivity contribution < 1.29 is 4.79 Å². The molecule has 2 heterocycles. The minimum Gasteiger partial charge on any atom is -0.345 e. The quantitative estimate of drug-likeness (QED) is 0.739. The van der Waals surface area contributed by atoms with Crippen molar-refractivity contribution in [2.24, 2.45) is 0 Å². The molecule has 3 nitrogen and oxygen atoms in total. The summed E-state index contributed by atoms with van der Waals surface area (Å²) in [7, 11) is 0. The van der Waals surface area contributed by atoms with Crippen LogP contribution in [0.5, 0.6) is 0 Å².